The lowest BCUT2D eigenvalue weighted by Crippen LogP contribution is -2.40. The average molecular weight is 561 g/mol. The Morgan fingerprint density at radius 3 is 2.58 bits per heavy atom. The molecule has 1 aromatic heterocycles. The van der Waals surface area contributed by atoms with Crippen molar-refractivity contribution >= 4 is 46.1 Å². The number of anilines is 2. The molecule has 0 atom stereocenters. The summed E-state index contributed by atoms with van der Waals surface area (Å²) in [7, 11) is 0. The van der Waals surface area contributed by atoms with Gasteiger partial charge in [0.2, 0.25) is 11.9 Å². The van der Waals surface area contributed by atoms with Gasteiger partial charge < -0.3 is 25.1 Å². The molecule has 1 fully saturated rings. The number of halogens is 6. The summed E-state index contributed by atoms with van der Waals surface area (Å²) in [5.74, 6) is -1.80. The minimum absolute atomic E-state index is 0.0629. The third-order valence-corrected chi connectivity index (χ3v) is 6.24. The molecular formula is C24H22ClF5N4O4. The van der Waals surface area contributed by atoms with Crippen molar-refractivity contribution in [2.75, 3.05) is 18.5 Å². The van der Waals surface area contributed by atoms with Crippen LogP contribution in [0.5, 0.6) is 5.75 Å². The summed E-state index contributed by atoms with van der Waals surface area (Å²) in [4.78, 5) is 31.7. The van der Waals surface area contributed by atoms with E-state index in [-0.39, 0.29) is 53.8 Å². The zero-order chi connectivity index (χ0) is 27.7. The van der Waals surface area contributed by atoms with E-state index in [0.29, 0.717) is 16.8 Å². The molecule has 1 heterocycles. The summed E-state index contributed by atoms with van der Waals surface area (Å²) in [5, 5.41) is 5.51. The maximum atomic E-state index is 13.2. The maximum absolute atomic E-state index is 13.2. The number of ether oxygens (including phenoxy) is 2. The molecule has 0 unspecified atom stereocenters. The number of imidazole rings is 1. The molecular weight excluding hydrogens is 539 g/mol. The van der Waals surface area contributed by atoms with Gasteiger partial charge in [-0.1, -0.05) is 17.7 Å². The fourth-order valence-electron chi connectivity index (χ4n) is 3.76. The molecule has 0 radical (unpaired) electrons. The quantitative estimate of drug-likeness (QED) is 0.216. The van der Waals surface area contributed by atoms with Crippen molar-refractivity contribution in [3.8, 4) is 5.75 Å². The van der Waals surface area contributed by atoms with Crippen LogP contribution in [0, 0.1) is 5.41 Å². The highest BCUT2D eigenvalue weighted by atomic mass is 35.5. The molecule has 0 saturated heterocycles. The fraction of sp³-hybridized carbons (Fsp3) is 0.375. The summed E-state index contributed by atoms with van der Waals surface area (Å²) in [6.07, 6.45) is -7.86. The summed E-state index contributed by atoms with van der Waals surface area (Å²) in [6, 6.07) is 7.25. The van der Waals surface area contributed by atoms with Crippen molar-refractivity contribution in [1.29, 1.82) is 0 Å². The minimum atomic E-state index is -4.61. The number of alkyl halides is 5. The Hall–Kier alpha value is -3.61. The number of hydrogen-bond donors (Lipinski definition) is 3. The zero-order valence-corrected chi connectivity index (χ0v) is 20.6. The van der Waals surface area contributed by atoms with Crippen molar-refractivity contribution in [3.05, 3.63) is 46.5 Å². The monoisotopic (exact) mass is 560 g/mol. The second kappa shape index (κ2) is 10.6. The molecule has 38 heavy (non-hydrogen) atoms. The predicted molar refractivity (Wildman–Crippen MR) is 128 cm³/mol. The minimum Gasteiger partial charge on any atom is -0.487 e. The molecule has 0 spiro atoms. The van der Waals surface area contributed by atoms with Gasteiger partial charge >= 0.3 is 12.1 Å². The number of esters is 1. The Balaban J connectivity index is 1.53. The molecule has 3 aromatic rings. The standard InChI is InChI=1S/C24H22ClF5N4O4/c1-2-37-20(35)13-8-16-17(9-18(13)38-11-19(26)27)34-22(33-16)32-15-7-12(3-4-14(15)25)10-31-21(36)23(5-6-23)24(28,29)30/h3-4,7-9,19H,2,5-6,10-11H2,1H3,(H,31,36)(H2,32,33,34). The maximum Gasteiger partial charge on any atom is 0.403 e. The number of rotatable bonds is 10. The largest absolute Gasteiger partial charge is 0.487 e. The molecule has 8 nitrogen and oxygen atoms in total. The second-order valence-electron chi connectivity index (χ2n) is 8.58. The van der Waals surface area contributed by atoms with Gasteiger partial charge in [0.25, 0.3) is 6.43 Å². The third-order valence-electron chi connectivity index (χ3n) is 5.91. The topological polar surface area (TPSA) is 105 Å². The molecule has 3 N–H and O–H groups in total. The number of carbonyl (C=O) groups is 2. The van der Waals surface area contributed by atoms with E-state index in [9.17, 15) is 31.5 Å². The van der Waals surface area contributed by atoms with Crippen LogP contribution < -0.4 is 15.4 Å². The molecule has 1 amide bonds. The molecule has 4 rings (SSSR count). The number of aromatic nitrogens is 2. The van der Waals surface area contributed by atoms with Gasteiger partial charge in [0.15, 0.2) is 0 Å². The van der Waals surface area contributed by atoms with Gasteiger partial charge in [-0.05, 0) is 43.5 Å². The van der Waals surface area contributed by atoms with Crippen LogP contribution in [-0.2, 0) is 16.1 Å². The number of hydrogen-bond acceptors (Lipinski definition) is 6. The van der Waals surface area contributed by atoms with Gasteiger partial charge in [0, 0.05) is 12.6 Å². The number of amides is 1. The highest BCUT2D eigenvalue weighted by Crippen LogP contribution is 2.57. The lowest BCUT2D eigenvalue weighted by atomic mass is 10.1. The van der Waals surface area contributed by atoms with Crippen LogP contribution in [0.15, 0.2) is 30.3 Å². The Morgan fingerprint density at radius 1 is 1.21 bits per heavy atom. The van der Waals surface area contributed by atoms with Gasteiger partial charge in [-0.2, -0.15) is 13.2 Å². The molecule has 14 heteroatoms. The number of aromatic amines is 1. The van der Waals surface area contributed by atoms with E-state index in [1.54, 1.807) is 13.0 Å². The molecule has 0 bridgehead atoms. The SMILES string of the molecule is CCOC(=O)c1cc2[nH]c(Nc3cc(CNC(=O)C4(C(F)(F)F)CC4)ccc3Cl)nc2cc1OCC(F)F. The molecule has 0 aliphatic heterocycles. The first-order valence-electron chi connectivity index (χ1n) is 11.5. The van der Waals surface area contributed by atoms with E-state index >= 15 is 0 Å². The van der Waals surface area contributed by atoms with Crippen LogP contribution >= 0.6 is 11.6 Å². The average Bonchev–Trinajstić information content (AvgIpc) is 3.58. The number of carbonyl (C=O) groups excluding carboxylic acids is 2. The molecule has 1 aliphatic rings. The van der Waals surface area contributed by atoms with E-state index in [0.717, 1.165) is 0 Å². The van der Waals surface area contributed by atoms with E-state index in [2.05, 4.69) is 20.6 Å². The van der Waals surface area contributed by atoms with E-state index in [1.807, 2.05) is 0 Å². The molecule has 204 valence electrons. The first kappa shape index (κ1) is 27.4. The van der Waals surface area contributed by atoms with Crippen LogP contribution in [0.3, 0.4) is 0 Å². The van der Waals surface area contributed by atoms with E-state index in [1.165, 1.54) is 24.3 Å². The van der Waals surface area contributed by atoms with Crippen LogP contribution in [0.25, 0.3) is 11.0 Å². The summed E-state index contributed by atoms with van der Waals surface area (Å²) in [5.41, 5.74) is -0.943. The molecule has 1 aliphatic carbocycles. The highest BCUT2D eigenvalue weighted by Gasteiger charge is 2.68. The van der Waals surface area contributed by atoms with Crippen molar-refractivity contribution in [2.24, 2.45) is 5.41 Å². The Labute approximate surface area is 217 Å². The Morgan fingerprint density at radius 2 is 1.95 bits per heavy atom. The zero-order valence-electron chi connectivity index (χ0n) is 19.8. The van der Waals surface area contributed by atoms with Gasteiger partial charge in [0.05, 0.1) is 28.4 Å². The van der Waals surface area contributed by atoms with Crippen molar-refractivity contribution in [2.45, 2.75) is 38.9 Å². The van der Waals surface area contributed by atoms with Gasteiger partial charge in [-0.25, -0.2) is 18.6 Å². The number of benzene rings is 2. The molecule has 1 saturated carbocycles. The molecule has 2 aromatic carbocycles. The van der Waals surface area contributed by atoms with Crippen LogP contribution in [-0.4, -0.2) is 47.7 Å². The lowest BCUT2D eigenvalue weighted by Gasteiger charge is -2.18. The number of nitrogens with zero attached hydrogens (tertiary/aromatic N) is 1. The summed E-state index contributed by atoms with van der Waals surface area (Å²) in [6.45, 7) is 0.568. The van der Waals surface area contributed by atoms with Crippen molar-refractivity contribution in [1.82, 2.24) is 15.3 Å². The third kappa shape index (κ3) is 5.77. The van der Waals surface area contributed by atoms with Gasteiger partial charge in [-0.15, -0.1) is 0 Å². The first-order valence-corrected chi connectivity index (χ1v) is 11.8. The van der Waals surface area contributed by atoms with Crippen LogP contribution in [0.1, 0.15) is 35.7 Å². The second-order valence-corrected chi connectivity index (χ2v) is 8.98. The van der Waals surface area contributed by atoms with Crippen molar-refractivity contribution < 1.29 is 41.0 Å². The smallest absolute Gasteiger partial charge is 0.403 e. The Bertz CT molecular complexity index is 1360. The summed E-state index contributed by atoms with van der Waals surface area (Å²) >= 11 is 6.26. The van der Waals surface area contributed by atoms with Crippen LogP contribution in [0.2, 0.25) is 5.02 Å². The number of fused-ring (bicyclic) bond motifs is 1. The van der Waals surface area contributed by atoms with Crippen molar-refractivity contribution in [3.63, 3.8) is 0 Å². The Kier molecular flexibility index (Phi) is 7.68. The lowest BCUT2D eigenvalue weighted by molar-refractivity contribution is -0.192. The number of H-pyrrole nitrogens is 1. The first-order chi connectivity index (χ1) is 17.9. The van der Waals surface area contributed by atoms with Gasteiger partial charge in [-0.3, -0.25) is 4.79 Å². The number of nitrogens with one attached hydrogen (secondary N) is 3. The summed E-state index contributed by atoms with van der Waals surface area (Å²) < 4.78 is 74.9. The highest BCUT2D eigenvalue weighted by molar-refractivity contribution is 6.33. The van der Waals surface area contributed by atoms with Crippen LogP contribution in [0.4, 0.5) is 33.6 Å². The normalized spacial score (nSPS) is 14.4. The van der Waals surface area contributed by atoms with E-state index in [4.69, 9.17) is 21.1 Å². The van der Waals surface area contributed by atoms with E-state index < -0.39 is 36.5 Å². The fourth-order valence-corrected chi connectivity index (χ4v) is 3.92. The van der Waals surface area contributed by atoms with Gasteiger partial charge in [0.1, 0.15) is 23.3 Å². The predicted octanol–water partition coefficient (Wildman–Crippen LogP) is 5.74.